The first kappa shape index (κ1) is 12.5. The maximum absolute atomic E-state index is 13.0. The van der Waals surface area contributed by atoms with Gasteiger partial charge in [0.2, 0.25) is 11.8 Å². The fraction of sp³-hybridized carbons (Fsp3) is 0.417. The predicted molar refractivity (Wildman–Crippen MR) is 61.8 cm³/mol. The Hall–Kier alpha value is -1.98. The van der Waals surface area contributed by atoms with Crippen molar-refractivity contribution in [1.29, 1.82) is 0 Å². The van der Waals surface area contributed by atoms with Crippen molar-refractivity contribution in [1.82, 2.24) is 15.2 Å². The van der Waals surface area contributed by atoms with E-state index in [0.29, 0.717) is 5.56 Å². The fourth-order valence-electron chi connectivity index (χ4n) is 1.97. The van der Waals surface area contributed by atoms with Crippen molar-refractivity contribution in [3.63, 3.8) is 0 Å². The van der Waals surface area contributed by atoms with Crippen LogP contribution in [0.1, 0.15) is 19.4 Å². The van der Waals surface area contributed by atoms with Crippen molar-refractivity contribution in [3.05, 3.63) is 29.8 Å². The SMILES string of the molecule is CC1(C)NC(=O)CN(Cc2cncc(F)c2)C1=O. The molecule has 2 heterocycles. The number of nitrogens with zero attached hydrogens (tertiary/aromatic N) is 2. The van der Waals surface area contributed by atoms with Gasteiger partial charge in [-0.1, -0.05) is 0 Å². The highest BCUT2D eigenvalue weighted by Gasteiger charge is 2.38. The zero-order valence-electron chi connectivity index (χ0n) is 10.2. The molecule has 1 aliphatic rings. The zero-order chi connectivity index (χ0) is 13.3. The summed E-state index contributed by atoms with van der Waals surface area (Å²) in [5, 5.41) is 2.61. The average molecular weight is 251 g/mol. The molecule has 6 heteroatoms. The van der Waals surface area contributed by atoms with Crippen molar-refractivity contribution in [2.75, 3.05) is 6.54 Å². The van der Waals surface area contributed by atoms with Gasteiger partial charge in [-0.25, -0.2) is 4.39 Å². The van der Waals surface area contributed by atoms with Crippen LogP contribution in [0.25, 0.3) is 0 Å². The molecule has 0 aromatic carbocycles. The molecule has 1 aromatic rings. The van der Waals surface area contributed by atoms with Crippen LogP contribution < -0.4 is 5.32 Å². The Balaban J connectivity index is 2.18. The number of aromatic nitrogens is 1. The number of carbonyl (C=O) groups excluding carboxylic acids is 2. The molecule has 1 aromatic heterocycles. The van der Waals surface area contributed by atoms with Gasteiger partial charge in [0.1, 0.15) is 11.4 Å². The Labute approximate surface area is 104 Å². The molecule has 2 rings (SSSR count). The summed E-state index contributed by atoms with van der Waals surface area (Å²) in [7, 11) is 0. The maximum Gasteiger partial charge on any atom is 0.248 e. The third-order valence-corrected chi connectivity index (χ3v) is 2.74. The number of pyridine rings is 1. The molecule has 18 heavy (non-hydrogen) atoms. The first-order valence-corrected chi connectivity index (χ1v) is 5.58. The molecule has 0 radical (unpaired) electrons. The van der Waals surface area contributed by atoms with Gasteiger partial charge in [0.25, 0.3) is 0 Å². The largest absolute Gasteiger partial charge is 0.341 e. The van der Waals surface area contributed by atoms with Crippen molar-refractivity contribution >= 4 is 11.8 Å². The summed E-state index contributed by atoms with van der Waals surface area (Å²) in [5.41, 5.74) is -0.357. The van der Waals surface area contributed by atoms with Crippen molar-refractivity contribution < 1.29 is 14.0 Å². The molecule has 1 saturated heterocycles. The number of hydrogen-bond acceptors (Lipinski definition) is 3. The number of carbonyl (C=O) groups is 2. The molecule has 0 atom stereocenters. The summed E-state index contributed by atoms with van der Waals surface area (Å²) in [6.45, 7) is 3.45. The Bertz CT molecular complexity index is 502. The van der Waals surface area contributed by atoms with Crippen molar-refractivity contribution in [3.8, 4) is 0 Å². The summed E-state index contributed by atoms with van der Waals surface area (Å²) >= 11 is 0. The molecule has 1 aliphatic heterocycles. The highest BCUT2D eigenvalue weighted by atomic mass is 19.1. The third-order valence-electron chi connectivity index (χ3n) is 2.74. The minimum atomic E-state index is -0.921. The van der Waals surface area contributed by atoms with E-state index in [1.807, 2.05) is 0 Å². The van der Waals surface area contributed by atoms with Crippen LogP contribution in [-0.4, -0.2) is 33.8 Å². The molecule has 1 N–H and O–H groups in total. The van der Waals surface area contributed by atoms with Crippen LogP contribution in [0, 0.1) is 5.82 Å². The molecule has 0 saturated carbocycles. The van der Waals surface area contributed by atoms with Crippen LogP contribution in [-0.2, 0) is 16.1 Å². The lowest BCUT2D eigenvalue weighted by Crippen LogP contribution is -2.63. The van der Waals surface area contributed by atoms with Crippen LogP contribution in [0.5, 0.6) is 0 Å². The van der Waals surface area contributed by atoms with Gasteiger partial charge in [0.15, 0.2) is 0 Å². The van der Waals surface area contributed by atoms with E-state index < -0.39 is 11.4 Å². The van der Waals surface area contributed by atoms with E-state index in [0.717, 1.165) is 6.20 Å². The first-order chi connectivity index (χ1) is 8.38. The number of nitrogens with one attached hydrogen (secondary N) is 1. The normalized spacial score (nSPS) is 18.7. The quantitative estimate of drug-likeness (QED) is 0.830. The van der Waals surface area contributed by atoms with Crippen molar-refractivity contribution in [2.24, 2.45) is 0 Å². The number of amides is 2. The highest BCUT2D eigenvalue weighted by Crippen LogP contribution is 2.16. The number of piperazine rings is 1. The second kappa shape index (κ2) is 4.36. The van der Waals surface area contributed by atoms with Crippen LogP contribution >= 0.6 is 0 Å². The molecule has 0 unspecified atom stereocenters. The molecule has 5 nitrogen and oxygen atoms in total. The smallest absolute Gasteiger partial charge is 0.248 e. The van der Waals surface area contributed by atoms with E-state index in [2.05, 4.69) is 10.3 Å². The van der Waals surface area contributed by atoms with Gasteiger partial charge in [-0.15, -0.1) is 0 Å². The number of halogens is 1. The third kappa shape index (κ3) is 2.47. The molecular formula is C12H14FN3O2. The van der Waals surface area contributed by atoms with Crippen LogP contribution in [0.2, 0.25) is 0 Å². The van der Waals surface area contributed by atoms with E-state index in [1.165, 1.54) is 17.2 Å². The lowest BCUT2D eigenvalue weighted by Gasteiger charge is -2.37. The lowest BCUT2D eigenvalue weighted by molar-refractivity contribution is -0.148. The summed E-state index contributed by atoms with van der Waals surface area (Å²) in [4.78, 5) is 28.7. The molecule has 0 bridgehead atoms. The monoisotopic (exact) mass is 251 g/mol. The van der Waals surface area contributed by atoms with Gasteiger partial charge in [0, 0.05) is 12.7 Å². The second-order valence-corrected chi connectivity index (χ2v) is 4.85. The highest BCUT2D eigenvalue weighted by molar-refractivity contribution is 5.97. The topological polar surface area (TPSA) is 62.3 Å². The second-order valence-electron chi connectivity index (χ2n) is 4.85. The molecule has 0 spiro atoms. The maximum atomic E-state index is 13.0. The van der Waals surface area contributed by atoms with E-state index >= 15 is 0 Å². The summed E-state index contributed by atoms with van der Waals surface area (Å²) in [6, 6.07) is 1.31. The van der Waals surface area contributed by atoms with Gasteiger partial charge in [-0.3, -0.25) is 14.6 Å². The summed E-state index contributed by atoms with van der Waals surface area (Å²) in [5.74, 6) is -0.865. The minimum absolute atomic E-state index is 0.0151. The number of hydrogen-bond donors (Lipinski definition) is 1. The lowest BCUT2D eigenvalue weighted by atomic mass is 10.00. The van der Waals surface area contributed by atoms with Crippen LogP contribution in [0.3, 0.4) is 0 Å². The molecule has 96 valence electrons. The predicted octanol–water partition coefficient (Wildman–Crippen LogP) is 0.458. The van der Waals surface area contributed by atoms with E-state index in [4.69, 9.17) is 0 Å². The van der Waals surface area contributed by atoms with Crippen LogP contribution in [0.4, 0.5) is 4.39 Å². The van der Waals surface area contributed by atoms with E-state index in [-0.39, 0.29) is 24.9 Å². The van der Waals surface area contributed by atoms with E-state index in [9.17, 15) is 14.0 Å². The number of rotatable bonds is 2. The minimum Gasteiger partial charge on any atom is -0.341 e. The van der Waals surface area contributed by atoms with Gasteiger partial charge in [-0.05, 0) is 25.5 Å². The fourth-order valence-corrected chi connectivity index (χ4v) is 1.97. The molecule has 1 fully saturated rings. The van der Waals surface area contributed by atoms with Gasteiger partial charge in [0.05, 0.1) is 12.7 Å². The Morgan fingerprint density at radius 1 is 1.44 bits per heavy atom. The van der Waals surface area contributed by atoms with Gasteiger partial charge >= 0.3 is 0 Å². The zero-order valence-corrected chi connectivity index (χ0v) is 10.2. The van der Waals surface area contributed by atoms with Gasteiger partial charge in [-0.2, -0.15) is 0 Å². The Kier molecular flexibility index (Phi) is 3.02. The average Bonchev–Trinajstić information content (AvgIpc) is 2.24. The van der Waals surface area contributed by atoms with Crippen LogP contribution in [0.15, 0.2) is 18.5 Å². The first-order valence-electron chi connectivity index (χ1n) is 5.58. The molecular weight excluding hydrogens is 237 g/mol. The van der Waals surface area contributed by atoms with Crippen molar-refractivity contribution in [2.45, 2.75) is 25.9 Å². The summed E-state index contributed by atoms with van der Waals surface area (Å²) in [6.07, 6.45) is 2.58. The molecule has 0 aliphatic carbocycles. The standard InChI is InChI=1S/C12H14FN3O2/c1-12(2)11(18)16(7-10(17)15-12)6-8-3-9(13)5-14-4-8/h3-5H,6-7H2,1-2H3,(H,15,17). The van der Waals surface area contributed by atoms with Gasteiger partial charge < -0.3 is 10.2 Å². The molecule has 2 amide bonds. The summed E-state index contributed by atoms with van der Waals surface area (Å²) < 4.78 is 13.0. The Morgan fingerprint density at radius 2 is 2.17 bits per heavy atom. The van der Waals surface area contributed by atoms with E-state index in [1.54, 1.807) is 13.8 Å². The Morgan fingerprint density at radius 3 is 2.83 bits per heavy atom.